The third-order valence-corrected chi connectivity index (χ3v) is 7.05. The van der Waals surface area contributed by atoms with Gasteiger partial charge in [0.25, 0.3) is 0 Å². The van der Waals surface area contributed by atoms with Crippen LogP contribution in [0.5, 0.6) is 11.8 Å². The first-order valence-electron chi connectivity index (χ1n) is 13.1. The summed E-state index contributed by atoms with van der Waals surface area (Å²) in [5.41, 5.74) is -1.98. The summed E-state index contributed by atoms with van der Waals surface area (Å²) >= 11 is 1.43. The van der Waals surface area contributed by atoms with Gasteiger partial charge in [-0.2, -0.15) is 13.2 Å². The Morgan fingerprint density at radius 2 is 1.77 bits per heavy atom. The predicted molar refractivity (Wildman–Crippen MR) is 156 cm³/mol. The van der Waals surface area contributed by atoms with Crippen molar-refractivity contribution in [1.29, 1.82) is 0 Å². The van der Waals surface area contributed by atoms with E-state index in [2.05, 4.69) is 42.4 Å². The number of nitrogens with zero attached hydrogens (tertiary/aromatic N) is 5. The molecule has 1 saturated heterocycles. The molecule has 0 atom stereocenters. The van der Waals surface area contributed by atoms with E-state index in [0.717, 1.165) is 16.9 Å². The zero-order valence-electron chi connectivity index (χ0n) is 23.3. The Morgan fingerprint density at radius 1 is 1.05 bits per heavy atom. The average Bonchev–Trinajstić information content (AvgIpc) is 3.62. The molecule has 0 unspecified atom stereocenters. The second-order valence-corrected chi connectivity index (χ2v) is 11.1. The van der Waals surface area contributed by atoms with Crippen molar-refractivity contribution in [3.8, 4) is 34.0 Å². The quantitative estimate of drug-likeness (QED) is 0.232. The van der Waals surface area contributed by atoms with Gasteiger partial charge in [0, 0.05) is 25.4 Å². The van der Waals surface area contributed by atoms with Gasteiger partial charge in [-0.1, -0.05) is 17.3 Å². The van der Waals surface area contributed by atoms with E-state index in [0.29, 0.717) is 36.1 Å². The van der Waals surface area contributed by atoms with E-state index in [1.807, 2.05) is 12.1 Å². The van der Waals surface area contributed by atoms with E-state index >= 15 is 0 Å². The maximum atomic E-state index is 13.2. The minimum atomic E-state index is -4.70. The van der Waals surface area contributed by atoms with E-state index in [1.165, 1.54) is 37.6 Å². The lowest BCUT2D eigenvalue weighted by Gasteiger charge is -2.12. The summed E-state index contributed by atoms with van der Waals surface area (Å²) in [5, 5.41) is 15.2. The smallest absolute Gasteiger partial charge is 0.417 e. The van der Waals surface area contributed by atoms with Crippen LogP contribution >= 0.6 is 11.3 Å². The summed E-state index contributed by atoms with van der Waals surface area (Å²) in [6, 6.07) is 6.90. The Labute approximate surface area is 253 Å². The van der Waals surface area contributed by atoms with E-state index < -0.39 is 23.4 Å². The second-order valence-electron chi connectivity index (χ2n) is 10.0. The second kappa shape index (κ2) is 12.3. The van der Waals surface area contributed by atoms with Gasteiger partial charge in [0.05, 0.1) is 34.2 Å². The summed E-state index contributed by atoms with van der Waals surface area (Å²) in [6.45, 7) is 3.46. The number of carbonyl (C=O) groups excluding carboxylic acids is 2. The number of pyridine rings is 1. The Balaban J connectivity index is 1.21. The molecule has 0 bridgehead atoms. The zero-order valence-corrected chi connectivity index (χ0v) is 24.1. The number of benzene rings is 1. The maximum Gasteiger partial charge on any atom is 0.417 e. The highest BCUT2D eigenvalue weighted by Gasteiger charge is 2.32. The monoisotopic (exact) mass is 623 g/mol. The zero-order chi connectivity index (χ0) is 31.5. The van der Waals surface area contributed by atoms with Crippen LogP contribution in [0.15, 0.2) is 55.1 Å². The molecule has 1 fully saturated rings. The summed E-state index contributed by atoms with van der Waals surface area (Å²) < 4.78 is 45.4. The van der Waals surface area contributed by atoms with E-state index in [1.54, 1.807) is 23.2 Å². The van der Waals surface area contributed by atoms with Crippen molar-refractivity contribution in [2.45, 2.75) is 38.5 Å². The first-order chi connectivity index (χ1) is 20.8. The van der Waals surface area contributed by atoms with Crippen molar-refractivity contribution in [3.63, 3.8) is 0 Å². The Morgan fingerprint density at radius 3 is 2.41 bits per heavy atom. The van der Waals surface area contributed by atoms with Gasteiger partial charge in [-0.3, -0.25) is 9.69 Å². The first kappa shape index (κ1) is 30.4. The van der Waals surface area contributed by atoms with Crippen LogP contribution in [0.25, 0.3) is 10.4 Å². The third-order valence-electron chi connectivity index (χ3n) is 5.98. The Kier molecular flexibility index (Phi) is 8.47. The van der Waals surface area contributed by atoms with Crippen molar-refractivity contribution in [2.24, 2.45) is 0 Å². The molecule has 44 heavy (non-hydrogen) atoms. The van der Waals surface area contributed by atoms with Gasteiger partial charge in [0.15, 0.2) is 5.13 Å². The molecule has 0 aliphatic carbocycles. The fourth-order valence-electron chi connectivity index (χ4n) is 3.91. The lowest BCUT2D eigenvalue weighted by atomic mass is 10.1. The van der Waals surface area contributed by atoms with Gasteiger partial charge in [0.1, 0.15) is 17.0 Å². The Hall–Kier alpha value is -5.07. The molecule has 1 aliphatic heterocycles. The highest BCUT2D eigenvalue weighted by atomic mass is 32.1. The molecule has 4 aromatic rings. The van der Waals surface area contributed by atoms with Crippen LogP contribution in [-0.2, 0) is 11.0 Å². The molecule has 3 aromatic heterocycles. The molecular formula is C29H24F3N7O4S. The number of urea groups is 1. The van der Waals surface area contributed by atoms with Crippen LogP contribution in [0.4, 0.5) is 34.5 Å². The summed E-state index contributed by atoms with van der Waals surface area (Å²) in [7, 11) is 0. The van der Waals surface area contributed by atoms with Crippen LogP contribution in [0.2, 0.25) is 0 Å². The van der Waals surface area contributed by atoms with Crippen molar-refractivity contribution < 1.29 is 32.6 Å². The molecule has 4 heterocycles. The molecule has 0 radical (unpaired) electrons. The molecule has 5 rings (SSSR count). The van der Waals surface area contributed by atoms with Crippen LogP contribution in [0.1, 0.15) is 37.9 Å². The topological polar surface area (TPSA) is 142 Å². The first-order valence-corrected chi connectivity index (χ1v) is 13.9. The molecular weight excluding hydrogens is 599 g/mol. The molecule has 3 amide bonds. The third kappa shape index (κ3) is 7.65. The number of halogens is 3. The predicted octanol–water partition coefficient (Wildman–Crippen LogP) is 5.70. The van der Waals surface area contributed by atoms with Crippen LogP contribution in [-0.4, -0.2) is 49.1 Å². The number of thiazole rings is 1. The number of amides is 3. The summed E-state index contributed by atoms with van der Waals surface area (Å²) in [4.78, 5) is 43.3. The number of rotatable bonds is 6. The maximum absolute atomic E-state index is 13.2. The molecule has 15 heteroatoms. The van der Waals surface area contributed by atoms with Crippen LogP contribution in [0.3, 0.4) is 0 Å². The average molecular weight is 624 g/mol. The molecule has 226 valence electrons. The van der Waals surface area contributed by atoms with Crippen molar-refractivity contribution >= 4 is 39.8 Å². The standard InChI is InChI=1S/C29H24F3N7O4S/c1-28(2,42)10-9-21-22(12-18(13-33-21)29(30,31)32)38-25(41)37-19-14-34-26(35-15-19)43-20-7-5-17(6-8-20)23-16-36-27(44-23)39-11-3-4-24(39)40/h5-8,12-16,42H,3-4,11H2,1-2H3,(H2,37,38,41). The van der Waals surface area contributed by atoms with Gasteiger partial charge in [-0.05, 0) is 62.1 Å². The minimum absolute atomic E-state index is 0.0115. The molecule has 0 saturated carbocycles. The summed E-state index contributed by atoms with van der Waals surface area (Å²) in [5.74, 6) is 5.45. The van der Waals surface area contributed by atoms with Crippen molar-refractivity contribution in [3.05, 3.63) is 66.4 Å². The fourth-order valence-corrected chi connectivity index (χ4v) is 4.88. The lowest BCUT2D eigenvalue weighted by Crippen LogP contribution is -2.23. The number of hydrogen-bond donors (Lipinski definition) is 3. The van der Waals surface area contributed by atoms with E-state index in [9.17, 15) is 27.9 Å². The van der Waals surface area contributed by atoms with Crippen molar-refractivity contribution in [1.82, 2.24) is 19.9 Å². The molecule has 1 aromatic carbocycles. The Bertz CT molecular complexity index is 1740. The van der Waals surface area contributed by atoms with Gasteiger partial charge in [-0.15, -0.1) is 0 Å². The summed E-state index contributed by atoms with van der Waals surface area (Å²) in [6.07, 6.45) is 1.48. The largest absolute Gasteiger partial charge is 0.424 e. The number of alkyl halides is 3. The van der Waals surface area contributed by atoms with Gasteiger partial charge >= 0.3 is 18.2 Å². The number of nitrogens with one attached hydrogen (secondary N) is 2. The number of hydrogen-bond acceptors (Lipinski definition) is 9. The lowest BCUT2D eigenvalue weighted by molar-refractivity contribution is -0.137. The van der Waals surface area contributed by atoms with Gasteiger partial charge in [0.2, 0.25) is 5.91 Å². The SMILES string of the molecule is CC(C)(O)C#Cc1ncc(C(F)(F)F)cc1NC(=O)Nc1cnc(Oc2ccc(-c3cnc(N4CCCC4=O)s3)cc2)nc1. The van der Waals surface area contributed by atoms with Crippen LogP contribution < -0.4 is 20.3 Å². The number of anilines is 3. The van der Waals surface area contributed by atoms with E-state index in [-0.39, 0.29) is 29.0 Å². The molecule has 3 N–H and O–H groups in total. The van der Waals surface area contributed by atoms with E-state index in [4.69, 9.17) is 4.74 Å². The normalized spacial score (nSPS) is 13.3. The highest BCUT2D eigenvalue weighted by molar-refractivity contribution is 7.19. The number of aromatic nitrogens is 4. The molecule has 0 spiro atoms. The highest BCUT2D eigenvalue weighted by Crippen LogP contribution is 2.34. The molecule has 1 aliphatic rings. The van der Waals surface area contributed by atoms with Crippen molar-refractivity contribution in [2.75, 3.05) is 22.1 Å². The number of ether oxygens (including phenoxy) is 1. The van der Waals surface area contributed by atoms with Gasteiger partial charge in [-0.25, -0.2) is 24.7 Å². The van der Waals surface area contributed by atoms with Gasteiger partial charge < -0.3 is 20.5 Å². The van der Waals surface area contributed by atoms with Crippen LogP contribution in [0, 0.1) is 11.8 Å². The molecule has 11 nitrogen and oxygen atoms in total. The number of carbonyl (C=O) groups is 2. The minimum Gasteiger partial charge on any atom is -0.424 e. The number of aliphatic hydroxyl groups is 1. The fraction of sp³-hybridized carbons (Fsp3) is 0.241.